The highest BCUT2D eigenvalue weighted by Gasteiger charge is 2.47. The molecule has 1 fully saturated rings. The highest BCUT2D eigenvalue weighted by atomic mass is 14.5. The minimum atomic E-state index is 0.664. The molecule has 0 aromatic heterocycles. The molecule has 0 aromatic carbocycles. The minimum Gasteiger partial charge on any atom is -0.0859 e. The van der Waals surface area contributed by atoms with Crippen LogP contribution in [0.25, 0.3) is 0 Å². The molecule has 1 aliphatic carbocycles. The van der Waals surface area contributed by atoms with Gasteiger partial charge in [-0.3, -0.25) is 0 Å². The second-order valence-electron chi connectivity index (χ2n) is 6.75. The quantitative estimate of drug-likeness (QED) is 0.443. The molecule has 0 aromatic rings. The van der Waals surface area contributed by atoms with Crippen molar-refractivity contribution >= 4 is 0 Å². The summed E-state index contributed by atoms with van der Waals surface area (Å²) >= 11 is 0. The molecule has 1 saturated carbocycles. The number of unbranched alkanes of at least 4 members (excludes halogenated alkanes) is 1. The lowest BCUT2D eigenvalue weighted by molar-refractivity contribution is 0.450. The summed E-state index contributed by atoms with van der Waals surface area (Å²) in [5.74, 6) is 0.994. The summed E-state index contributed by atoms with van der Waals surface area (Å²) in [4.78, 5) is 0. The van der Waals surface area contributed by atoms with Crippen molar-refractivity contribution in [3.05, 3.63) is 23.3 Å². The van der Waals surface area contributed by atoms with E-state index in [4.69, 9.17) is 0 Å². The molecule has 0 amide bonds. The fourth-order valence-electron chi connectivity index (χ4n) is 2.85. The van der Waals surface area contributed by atoms with Gasteiger partial charge in [0.25, 0.3) is 0 Å². The molecule has 2 unspecified atom stereocenters. The highest BCUT2D eigenvalue weighted by molar-refractivity contribution is 5.05. The second-order valence-corrected chi connectivity index (χ2v) is 6.75. The van der Waals surface area contributed by atoms with Gasteiger partial charge in [0.2, 0.25) is 0 Å². The van der Waals surface area contributed by atoms with E-state index in [1.165, 1.54) is 50.5 Å². The largest absolute Gasteiger partial charge is 0.0859 e. The first-order valence-electron chi connectivity index (χ1n) is 7.77. The third-order valence-corrected chi connectivity index (χ3v) is 4.47. The Bertz CT molecular complexity index is 304. The highest BCUT2D eigenvalue weighted by Crippen LogP contribution is 2.58. The molecule has 1 aliphatic rings. The molecule has 0 N–H and O–H groups in total. The van der Waals surface area contributed by atoms with Crippen LogP contribution in [0.4, 0.5) is 0 Å². The molecule has 104 valence electrons. The van der Waals surface area contributed by atoms with Crippen molar-refractivity contribution < 1.29 is 0 Å². The van der Waals surface area contributed by atoms with Crippen molar-refractivity contribution in [2.75, 3.05) is 0 Å². The molecule has 2 atom stereocenters. The summed E-state index contributed by atoms with van der Waals surface area (Å²) in [5.41, 5.74) is 3.74. The van der Waals surface area contributed by atoms with Crippen LogP contribution in [0.2, 0.25) is 0 Å². The fraction of sp³-hybridized carbons (Fsp3) is 0.778. The molecule has 18 heavy (non-hydrogen) atoms. The zero-order valence-electron chi connectivity index (χ0n) is 13.2. The van der Waals surface area contributed by atoms with Crippen molar-refractivity contribution in [1.29, 1.82) is 0 Å². The van der Waals surface area contributed by atoms with Crippen molar-refractivity contribution in [2.24, 2.45) is 11.3 Å². The Morgan fingerprint density at radius 1 is 1.17 bits per heavy atom. The van der Waals surface area contributed by atoms with Gasteiger partial charge in [0, 0.05) is 0 Å². The molecule has 0 spiro atoms. The van der Waals surface area contributed by atoms with Gasteiger partial charge in [-0.2, -0.15) is 0 Å². The molecule has 0 heteroatoms. The van der Waals surface area contributed by atoms with Gasteiger partial charge in [0.1, 0.15) is 0 Å². The van der Waals surface area contributed by atoms with Gasteiger partial charge in [0.15, 0.2) is 0 Å². The standard InChI is InChI=1S/C18H32/c1-6-7-10-16(4)11-12-17-14-18(17,5)13-8-9-15(2)3/h9-10,17H,6-8,11-14H2,1-5H3. The average Bonchev–Trinajstić information content (AvgIpc) is 2.94. The van der Waals surface area contributed by atoms with Crippen LogP contribution in [0.15, 0.2) is 23.3 Å². The van der Waals surface area contributed by atoms with Crippen LogP contribution in [0.3, 0.4) is 0 Å². The van der Waals surface area contributed by atoms with E-state index < -0.39 is 0 Å². The van der Waals surface area contributed by atoms with Gasteiger partial charge in [-0.1, -0.05) is 43.6 Å². The van der Waals surface area contributed by atoms with Crippen LogP contribution in [0.1, 0.15) is 79.6 Å². The summed E-state index contributed by atoms with van der Waals surface area (Å²) in [6, 6.07) is 0. The second kappa shape index (κ2) is 7.16. The van der Waals surface area contributed by atoms with Gasteiger partial charge < -0.3 is 0 Å². The lowest BCUT2D eigenvalue weighted by atomic mass is 9.96. The van der Waals surface area contributed by atoms with Crippen LogP contribution in [0.5, 0.6) is 0 Å². The Morgan fingerprint density at radius 2 is 1.89 bits per heavy atom. The Balaban J connectivity index is 2.21. The third-order valence-electron chi connectivity index (χ3n) is 4.47. The van der Waals surface area contributed by atoms with Crippen LogP contribution < -0.4 is 0 Å². The zero-order chi connectivity index (χ0) is 13.6. The molecule has 0 bridgehead atoms. The maximum atomic E-state index is 2.49. The van der Waals surface area contributed by atoms with E-state index in [0.29, 0.717) is 5.41 Å². The van der Waals surface area contributed by atoms with Gasteiger partial charge >= 0.3 is 0 Å². The van der Waals surface area contributed by atoms with Gasteiger partial charge in [-0.25, -0.2) is 0 Å². The average molecular weight is 248 g/mol. The van der Waals surface area contributed by atoms with Crippen molar-refractivity contribution in [3.8, 4) is 0 Å². The molecular formula is C18H32. The summed E-state index contributed by atoms with van der Waals surface area (Å²) in [5, 5.41) is 0. The van der Waals surface area contributed by atoms with E-state index in [0.717, 1.165) is 5.92 Å². The first-order valence-corrected chi connectivity index (χ1v) is 7.77. The minimum absolute atomic E-state index is 0.664. The van der Waals surface area contributed by atoms with E-state index in [1.807, 2.05) is 0 Å². The zero-order valence-corrected chi connectivity index (χ0v) is 13.2. The number of allylic oxidation sites excluding steroid dienone is 4. The third kappa shape index (κ3) is 5.42. The van der Waals surface area contributed by atoms with Crippen LogP contribution >= 0.6 is 0 Å². The molecule has 0 saturated heterocycles. The summed E-state index contributed by atoms with van der Waals surface area (Å²) in [6.45, 7) is 11.5. The van der Waals surface area contributed by atoms with E-state index in [-0.39, 0.29) is 0 Å². The van der Waals surface area contributed by atoms with Gasteiger partial charge in [-0.05, 0) is 70.6 Å². The number of hydrogen-bond donors (Lipinski definition) is 0. The topological polar surface area (TPSA) is 0 Å². The van der Waals surface area contributed by atoms with Crippen molar-refractivity contribution in [2.45, 2.75) is 79.6 Å². The van der Waals surface area contributed by atoms with Crippen LogP contribution in [0, 0.1) is 11.3 Å². The smallest absolute Gasteiger partial charge is 0.0291 e. The van der Waals surface area contributed by atoms with Crippen LogP contribution in [-0.2, 0) is 0 Å². The van der Waals surface area contributed by atoms with Gasteiger partial charge in [-0.15, -0.1) is 0 Å². The lowest BCUT2D eigenvalue weighted by Gasteiger charge is -2.10. The van der Waals surface area contributed by atoms with Crippen LogP contribution in [-0.4, -0.2) is 0 Å². The Labute approximate surface area is 115 Å². The normalized spacial score (nSPS) is 27.2. The predicted molar refractivity (Wildman–Crippen MR) is 82.8 cm³/mol. The van der Waals surface area contributed by atoms with E-state index >= 15 is 0 Å². The Hall–Kier alpha value is -0.520. The maximum Gasteiger partial charge on any atom is -0.0291 e. The fourth-order valence-corrected chi connectivity index (χ4v) is 2.85. The summed E-state index contributed by atoms with van der Waals surface area (Å²) in [6.07, 6.45) is 14.2. The summed E-state index contributed by atoms with van der Waals surface area (Å²) < 4.78 is 0. The molecule has 0 aliphatic heterocycles. The summed E-state index contributed by atoms with van der Waals surface area (Å²) in [7, 11) is 0. The van der Waals surface area contributed by atoms with E-state index in [1.54, 1.807) is 5.57 Å². The first kappa shape index (κ1) is 15.5. The molecule has 0 radical (unpaired) electrons. The van der Waals surface area contributed by atoms with Gasteiger partial charge in [0.05, 0.1) is 0 Å². The predicted octanol–water partition coefficient (Wildman–Crippen LogP) is 6.29. The molecule has 1 rings (SSSR count). The molecular weight excluding hydrogens is 216 g/mol. The number of hydrogen-bond acceptors (Lipinski definition) is 0. The van der Waals surface area contributed by atoms with E-state index in [2.05, 4.69) is 46.8 Å². The van der Waals surface area contributed by atoms with Crippen molar-refractivity contribution in [3.63, 3.8) is 0 Å². The Kier molecular flexibility index (Phi) is 6.18. The molecule has 0 heterocycles. The Morgan fingerprint density at radius 3 is 2.50 bits per heavy atom. The maximum absolute atomic E-state index is 2.49. The number of rotatable bonds is 8. The molecule has 0 nitrogen and oxygen atoms in total. The first-order chi connectivity index (χ1) is 8.48. The van der Waals surface area contributed by atoms with E-state index in [9.17, 15) is 0 Å². The van der Waals surface area contributed by atoms with Crippen molar-refractivity contribution in [1.82, 2.24) is 0 Å². The monoisotopic (exact) mass is 248 g/mol. The SMILES string of the molecule is CCCC=C(C)CCC1CC1(C)CCC=C(C)C. The lowest BCUT2D eigenvalue weighted by Crippen LogP contribution is -1.98.